The van der Waals surface area contributed by atoms with Crippen LogP contribution in [0.15, 0.2) is 0 Å². The maximum absolute atomic E-state index is 5.53. The monoisotopic (exact) mass is 271 g/mol. The molecule has 0 aromatic rings. The molecule has 1 aliphatic heterocycles. The summed E-state index contributed by atoms with van der Waals surface area (Å²) < 4.78 is 5.53. The summed E-state index contributed by atoms with van der Waals surface area (Å²) in [6, 6.07) is 0.679. The van der Waals surface area contributed by atoms with Crippen molar-refractivity contribution in [1.82, 2.24) is 15.1 Å². The molecule has 0 aliphatic carbocycles. The summed E-state index contributed by atoms with van der Waals surface area (Å²) in [5.41, 5.74) is 0. The number of hydrogen-bond donors (Lipinski definition) is 1. The third kappa shape index (κ3) is 7.88. The van der Waals surface area contributed by atoms with E-state index in [1.165, 1.54) is 32.6 Å². The average molecular weight is 271 g/mol. The lowest BCUT2D eigenvalue weighted by atomic mass is 10.2. The van der Waals surface area contributed by atoms with Crippen LogP contribution in [0.1, 0.15) is 33.6 Å². The van der Waals surface area contributed by atoms with Crippen LogP contribution in [0.3, 0.4) is 0 Å². The second-order valence-corrected chi connectivity index (χ2v) is 6.02. The third-order valence-corrected chi connectivity index (χ3v) is 3.71. The normalized spacial score (nSPS) is 22.9. The molecule has 0 radical (unpaired) electrons. The maximum atomic E-state index is 5.53. The quantitative estimate of drug-likeness (QED) is 0.676. The van der Waals surface area contributed by atoms with E-state index in [1.807, 2.05) is 0 Å². The summed E-state index contributed by atoms with van der Waals surface area (Å²) in [7, 11) is 2.23. The molecule has 114 valence electrons. The fraction of sp³-hybridized carbons (Fsp3) is 1.00. The van der Waals surface area contributed by atoms with Gasteiger partial charge in [-0.15, -0.1) is 0 Å². The number of nitrogens with one attached hydrogen (secondary N) is 1. The van der Waals surface area contributed by atoms with E-state index in [2.05, 4.69) is 42.9 Å². The second-order valence-electron chi connectivity index (χ2n) is 6.02. The molecule has 0 aromatic carbocycles. The summed E-state index contributed by atoms with van der Waals surface area (Å²) in [5.74, 6) is 0. The van der Waals surface area contributed by atoms with Gasteiger partial charge in [0.2, 0.25) is 0 Å². The van der Waals surface area contributed by atoms with E-state index in [0.29, 0.717) is 12.1 Å². The molecular weight excluding hydrogens is 238 g/mol. The molecule has 1 saturated heterocycles. The Kier molecular flexibility index (Phi) is 8.62. The number of ether oxygens (including phenoxy) is 1. The van der Waals surface area contributed by atoms with Crippen molar-refractivity contribution in [2.75, 3.05) is 52.9 Å². The predicted molar refractivity (Wildman–Crippen MR) is 81.7 cm³/mol. The Morgan fingerprint density at radius 2 is 2.05 bits per heavy atom. The van der Waals surface area contributed by atoms with Gasteiger partial charge in [0.25, 0.3) is 0 Å². The molecule has 1 atom stereocenters. The highest BCUT2D eigenvalue weighted by atomic mass is 16.5. The van der Waals surface area contributed by atoms with Gasteiger partial charge < -0.3 is 15.0 Å². The number of nitrogens with zero attached hydrogens (tertiary/aromatic N) is 2. The number of rotatable bonds is 8. The molecule has 0 aromatic heterocycles. The van der Waals surface area contributed by atoms with Crippen LogP contribution in [0.5, 0.6) is 0 Å². The molecule has 19 heavy (non-hydrogen) atoms. The van der Waals surface area contributed by atoms with Gasteiger partial charge in [-0.2, -0.15) is 0 Å². The van der Waals surface area contributed by atoms with Crippen LogP contribution in [0.4, 0.5) is 0 Å². The van der Waals surface area contributed by atoms with Gasteiger partial charge in [0, 0.05) is 32.3 Å². The van der Waals surface area contributed by atoms with Crippen LogP contribution in [-0.2, 0) is 4.74 Å². The van der Waals surface area contributed by atoms with E-state index in [1.54, 1.807) is 0 Å². The van der Waals surface area contributed by atoms with Crippen LogP contribution >= 0.6 is 0 Å². The first-order chi connectivity index (χ1) is 9.09. The first-order valence-electron chi connectivity index (χ1n) is 7.84. The molecular formula is C15H33N3O. The van der Waals surface area contributed by atoms with Crippen molar-refractivity contribution in [3.8, 4) is 0 Å². The predicted octanol–water partition coefficient (Wildman–Crippen LogP) is 1.42. The molecule has 4 nitrogen and oxygen atoms in total. The molecule has 0 spiro atoms. The average Bonchev–Trinajstić information content (AvgIpc) is 2.49. The Balaban J connectivity index is 2.02. The maximum Gasteiger partial charge on any atom is 0.0518 e. The Bertz CT molecular complexity index is 223. The van der Waals surface area contributed by atoms with Gasteiger partial charge in [-0.1, -0.05) is 0 Å². The van der Waals surface area contributed by atoms with E-state index in [0.717, 1.165) is 26.1 Å². The molecule has 1 heterocycles. The Labute approximate surface area is 119 Å². The molecule has 0 amide bonds. The minimum atomic E-state index is 0.356. The van der Waals surface area contributed by atoms with Crippen molar-refractivity contribution in [1.29, 1.82) is 0 Å². The topological polar surface area (TPSA) is 27.7 Å². The highest BCUT2D eigenvalue weighted by molar-refractivity contribution is 4.75. The first kappa shape index (κ1) is 16.9. The van der Waals surface area contributed by atoms with Gasteiger partial charge in [0.05, 0.1) is 6.10 Å². The van der Waals surface area contributed by atoms with Crippen LogP contribution in [0, 0.1) is 0 Å². The third-order valence-electron chi connectivity index (χ3n) is 3.71. The molecule has 1 aliphatic rings. The van der Waals surface area contributed by atoms with Gasteiger partial charge in [0.1, 0.15) is 0 Å². The van der Waals surface area contributed by atoms with E-state index >= 15 is 0 Å². The zero-order valence-corrected chi connectivity index (χ0v) is 13.3. The molecule has 4 heteroatoms. The van der Waals surface area contributed by atoms with Crippen LogP contribution in [-0.4, -0.2) is 74.9 Å². The van der Waals surface area contributed by atoms with Gasteiger partial charge in [-0.25, -0.2) is 0 Å². The molecule has 1 rings (SSSR count). The fourth-order valence-electron chi connectivity index (χ4n) is 2.62. The highest BCUT2D eigenvalue weighted by Gasteiger charge is 2.18. The van der Waals surface area contributed by atoms with Gasteiger partial charge in [-0.3, -0.25) is 4.90 Å². The standard InChI is InChI=1S/C15H33N3O/c1-14(2)19-12-5-7-16-8-11-18-10-6-9-17(4)13-15(18)3/h14-16H,5-13H2,1-4H3. The lowest BCUT2D eigenvalue weighted by molar-refractivity contribution is 0.0769. The first-order valence-corrected chi connectivity index (χ1v) is 7.84. The zero-order chi connectivity index (χ0) is 14.1. The summed E-state index contributed by atoms with van der Waals surface area (Å²) in [6.07, 6.45) is 2.76. The number of likely N-dealkylation sites (N-methyl/N-ethyl adjacent to an activating group) is 1. The lowest BCUT2D eigenvalue weighted by Gasteiger charge is -2.27. The highest BCUT2D eigenvalue weighted by Crippen LogP contribution is 2.07. The smallest absolute Gasteiger partial charge is 0.0518 e. The minimum absolute atomic E-state index is 0.356. The molecule has 0 bridgehead atoms. The van der Waals surface area contributed by atoms with Crippen molar-refractivity contribution >= 4 is 0 Å². The molecule has 1 unspecified atom stereocenters. The van der Waals surface area contributed by atoms with Crippen molar-refractivity contribution in [2.24, 2.45) is 0 Å². The largest absolute Gasteiger partial charge is 0.379 e. The van der Waals surface area contributed by atoms with Gasteiger partial charge >= 0.3 is 0 Å². The van der Waals surface area contributed by atoms with Gasteiger partial charge in [0.15, 0.2) is 0 Å². The second kappa shape index (κ2) is 9.70. The minimum Gasteiger partial charge on any atom is -0.379 e. The fourth-order valence-corrected chi connectivity index (χ4v) is 2.62. The van der Waals surface area contributed by atoms with E-state index < -0.39 is 0 Å². The summed E-state index contributed by atoms with van der Waals surface area (Å²) in [4.78, 5) is 5.06. The van der Waals surface area contributed by atoms with Crippen molar-refractivity contribution < 1.29 is 4.74 Å². The lowest BCUT2D eigenvalue weighted by Crippen LogP contribution is -2.41. The van der Waals surface area contributed by atoms with E-state index in [-0.39, 0.29) is 0 Å². The summed E-state index contributed by atoms with van der Waals surface area (Å²) in [5, 5.41) is 3.52. The molecule has 0 saturated carbocycles. The Hall–Kier alpha value is -0.160. The van der Waals surface area contributed by atoms with Crippen LogP contribution < -0.4 is 5.32 Å². The summed E-state index contributed by atoms with van der Waals surface area (Å²) >= 11 is 0. The van der Waals surface area contributed by atoms with Crippen LogP contribution in [0.2, 0.25) is 0 Å². The molecule has 1 fully saturated rings. The Morgan fingerprint density at radius 1 is 1.26 bits per heavy atom. The number of hydrogen-bond acceptors (Lipinski definition) is 4. The van der Waals surface area contributed by atoms with Gasteiger partial charge in [-0.05, 0) is 60.3 Å². The van der Waals surface area contributed by atoms with Crippen molar-refractivity contribution in [3.05, 3.63) is 0 Å². The zero-order valence-electron chi connectivity index (χ0n) is 13.3. The van der Waals surface area contributed by atoms with Crippen molar-refractivity contribution in [2.45, 2.75) is 45.8 Å². The summed E-state index contributed by atoms with van der Waals surface area (Å²) in [6.45, 7) is 14.4. The SMILES string of the molecule is CC(C)OCCCNCCN1CCCN(C)CC1C. The molecule has 1 N–H and O–H groups in total. The van der Waals surface area contributed by atoms with E-state index in [9.17, 15) is 0 Å². The Morgan fingerprint density at radius 3 is 2.79 bits per heavy atom. The van der Waals surface area contributed by atoms with Crippen molar-refractivity contribution in [3.63, 3.8) is 0 Å². The van der Waals surface area contributed by atoms with E-state index in [4.69, 9.17) is 4.74 Å². The van der Waals surface area contributed by atoms with Crippen LogP contribution in [0.25, 0.3) is 0 Å².